The molecular weight excluding hydrogens is 350 g/mol. The largest absolute Gasteiger partial charge is 0.335 e. The van der Waals surface area contributed by atoms with E-state index in [1.165, 1.54) is 0 Å². The monoisotopic (exact) mass is 371 g/mol. The van der Waals surface area contributed by atoms with Crippen molar-refractivity contribution in [2.75, 3.05) is 13.1 Å². The highest BCUT2D eigenvalue weighted by molar-refractivity contribution is 7.08. The van der Waals surface area contributed by atoms with Gasteiger partial charge in [-0.3, -0.25) is 14.6 Å². The molecule has 2 aromatic rings. The van der Waals surface area contributed by atoms with E-state index < -0.39 is 0 Å². The summed E-state index contributed by atoms with van der Waals surface area (Å²) in [5, 5.41) is 4.05. The van der Waals surface area contributed by atoms with Crippen LogP contribution < -0.4 is 0 Å². The Bertz CT molecular complexity index is 809. The Morgan fingerprint density at radius 3 is 2.96 bits per heavy atom. The topological polar surface area (TPSA) is 79.3 Å². The van der Waals surface area contributed by atoms with Gasteiger partial charge in [-0.05, 0) is 42.9 Å². The molecule has 2 aromatic heterocycles. The Hall–Kier alpha value is -2.35. The van der Waals surface area contributed by atoms with Crippen molar-refractivity contribution >= 4 is 23.3 Å². The van der Waals surface area contributed by atoms with Crippen LogP contribution >= 0.6 is 11.5 Å². The number of rotatable bonds is 4. The van der Waals surface area contributed by atoms with E-state index in [4.69, 9.17) is 0 Å². The minimum atomic E-state index is -0.132. The summed E-state index contributed by atoms with van der Waals surface area (Å²) >= 11 is 1.15. The van der Waals surface area contributed by atoms with Crippen molar-refractivity contribution in [3.05, 3.63) is 40.7 Å². The minimum Gasteiger partial charge on any atom is -0.335 e. The van der Waals surface area contributed by atoms with Gasteiger partial charge in [0.15, 0.2) is 0 Å². The van der Waals surface area contributed by atoms with Gasteiger partial charge in [-0.15, -0.1) is 5.10 Å². The van der Waals surface area contributed by atoms with E-state index in [1.54, 1.807) is 6.20 Å². The molecule has 26 heavy (non-hydrogen) atoms. The zero-order valence-electron chi connectivity index (χ0n) is 14.7. The van der Waals surface area contributed by atoms with E-state index in [1.807, 2.05) is 34.9 Å². The molecule has 2 atom stereocenters. The smallest absolute Gasteiger partial charge is 0.267 e. The van der Waals surface area contributed by atoms with Crippen LogP contribution in [0.2, 0.25) is 0 Å². The number of aryl methyl sites for hydroxylation is 1. The van der Waals surface area contributed by atoms with Crippen molar-refractivity contribution in [1.82, 2.24) is 24.4 Å². The number of carbonyl (C=O) groups is 2. The van der Waals surface area contributed by atoms with Gasteiger partial charge < -0.3 is 9.80 Å². The average Bonchev–Trinajstić information content (AvgIpc) is 2.99. The summed E-state index contributed by atoms with van der Waals surface area (Å²) in [4.78, 5) is 34.6. The van der Waals surface area contributed by atoms with Crippen molar-refractivity contribution in [2.45, 2.75) is 38.8 Å². The summed E-state index contributed by atoms with van der Waals surface area (Å²) in [5.41, 5.74) is 1.62. The summed E-state index contributed by atoms with van der Waals surface area (Å²) in [6.07, 6.45) is 4.19. The molecule has 136 valence electrons. The summed E-state index contributed by atoms with van der Waals surface area (Å²) in [6.45, 7) is 3.52. The molecule has 2 amide bonds. The third kappa shape index (κ3) is 3.09. The number of piperidine rings is 1. The fourth-order valence-electron chi connectivity index (χ4n) is 3.83. The molecular formula is C18H21N5O2S. The van der Waals surface area contributed by atoms with Crippen LogP contribution in [0.1, 0.15) is 40.8 Å². The molecule has 0 aromatic carbocycles. The molecule has 5 rings (SSSR count). The van der Waals surface area contributed by atoms with Gasteiger partial charge in [0.25, 0.3) is 5.91 Å². The Balaban J connectivity index is 1.56. The summed E-state index contributed by atoms with van der Waals surface area (Å²) in [6, 6.07) is 5.78. The highest BCUT2D eigenvalue weighted by Crippen LogP contribution is 2.31. The number of amides is 2. The maximum absolute atomic E-state index is 13.0. The predicted molar refractivity (Wildman–Crippen MR) is 96.5 cm³/mol. The Labute approximate surface area is 156 Å². The maximum Gasteiger partial charge on any atom is 0.267 e. The Morgan fingerprint density at radius 1 is 1.31 bits per heavy atom. The lowest BCUT2D eigenvalue weighted by Gasteiger charge is -2.35. The Morgan fingerprint density at radius 2 is 2.19 bits per heavy atom. The fraction of sp³-hybridized carbons (Fsp3) is 0.500. The van der Waals surface area contributed by atoms with Crippen LogP contribution in [0.3, 0.4) is 0 Å². The SMILES string of the molecule is CCc1nnsc1C(=O)N1C[C@@H]2CC[C@H](C1)N(Cc1ccccn1)C2=O. The third-order valence-electron chi connectivity index (χ3n) is 5.22. The Kier molecular flexibility index (Phi) is 4.67. The van der Waals surface area contributed by atoms with Crippen molar-refractivity contribution in [3.63, 3.8) is 0 Å². The lowest BCUT2D eigenvalue weighted by Crippen LogP contribution is -2.47. The molecule has 8 heteroatoms. The van der Waals surface area contributed by atoms with Crippen molar-refractivity contribution in [1.29, 1.82) is 0 Å². The van der Waals surface area contributed by atoms with E-state index in [0.717, 1.165) is 35.8 Å². The first-order chi connectivity index (χ1) is 12.7. The van der Waals surface area contributed by atoms with Gasteiger partial charge >= 0.3 is 0 Å². The van der Waals surface area contributed by atoms with Crippen LogP contribution in [-0.4, -0.2) is 55.3 Å². The molecule has 3 aliphatic rings. The molecule has 0 radical (unpaired) electrons. The van der Waals surface area contributed by atoms with E-state index in [2.05, 4.69) is 14.6 Å². The molecule has 0 aliphatic carbocycles. The molecule has 3 aliphatic heterocycles. The van der Waals surface area contributed by atoms with Crippen LogP contribution in [0.5, 0.6) is 0 Å². The summed E-state index contributed by atoms with van der Waals surface area (Å²) in [5.74, 6) is -0.0334. The zero-order chi connectivity index (χ0) is 18.1. The molecule has 7 nitrogen and oxygen atoms in total. The van der Waals surface area contributed by atoms with Gasteiger partial charge in [-0.2, -0.15) is 0 Å². The normalized spacial score (nSPS) is 22.6. The fourth-order valence-corrected chi connectivity index (χ4v) is 4.55. The molecule has 3 fully saturated rings. The van der Waals surface area contributed by atoms with Gasteiger partial charge in [0.1, 0.15) is 4.88 Å². The van der Waals surface area contributed by atoms with Crippen LogP contribution in [-0.2, 0) is 17.8 Å². The lowest BCUT2D eigenvalue weighted by atomic mass is 9.94. The zero-order valence-corrected chi connectivity index (χ0v) is 15.5. The number of carbonyl (C=O) groups excluding carboxylic acids is 2. The second-order valence-electron chi connectivity index (χ2n) is 6.83. The maximum atomic E-state index is 13.0. The van der Waals surface area contributed by atoms with E-state index >= 15 is 0 Å². The highest BCUT2D eigenvalue weighted by Gasteiger charge is 2.42. The number of nitrogens with zero attached hydrogens (tertiary/aromatic N) is 5. The third-order valence-corrected chi connectivity index (χ3v) is 5.98. The standard InChI is InChI=1S/C18H21N5O2S/c1-2-15-16(26-21-20-15)18(25)22-9-12-6-7-14(11-22)23(17(12)24)10-13-5-3-4-8-19-13/h3-5,8,12,14H,2,6-7,9-11H2,1H3/t12-,14+/m0/s1. The molecule has 2 bridgehead atoms. The van der Waals surface area contributed by atoms with Crippen molar-refractivity contribution in [3.8, 4) is 0 Å². The number of hydrogen-bond donors (Lipinski definition) is 0. The number of fused-ring (bicyclic) bond motifs is 4. The first-order valence-corrected chi connectivity index (χ1v) is 9.75. The highest BCUT2D eigenvalue weighted by atomic mass is 32.1. The van der Waals surface area contributed by atoms with Crippen molar-refractivity contribution in [2.24, 2.45) is 5.92 Å². The summed E-state index contributed by atoms with van der Waals surface area (Å²) < 4.78 is 3.93. The average molecular weight is 371 g/mol. The summed E-state index contributed by atoms with van der Waals surface area (Å²) in [7, 11) is 0. The van der Waals surface area contributed by atoms with E-state index in [0.29, 0.717) is 30.9 Å². The molecule has 0 saturated carbocycles. The van der Waals surface area contributed by atoms with Gasteiger partial charge in [0.2, 0.25) is 5.91 Å². The van der Waals surface area contributed by atoms with Gasteiger partial charge in [-0.1, -0.05) is 17.5 Å². The number of aromatic nitrogens is 3. The first-order valence-electron chi connectivity index (χ1n) is 8.98. The molecule has 0 N–H and O–H groups in total. The van der Waals surface area contributed by atoms with Gasteiger partial charge in [-0.25, -0.2) is 0 Å². The van der Waals surface area contributed by atoms with Crippen LogP contribution in [0.15, 0.2) is 24.4 Å². The van der Waals surface area contributed by atoms with Crippen LogP contribution in [0.25, 0.3) is 0 Å². The van der Waals surface area contributed by atoms with Gasteiger partial charge in [0, 0.05) is 25.3 Å². The number of pyridine rings is 1. The predicted octanol–water partition coefficient (Wildman–Crippen LogP) is 1.76. The minimum absolute atomic E-state index is 0.0400. The van der Waals surface area contributed by atoms with Gasteiger partial charge in [0.05, 0.1) is 23.9 Å². The molecule has 0 spiro atoms. The quantitative estimate of drug-likeness (QED) is 0.818. The van der Waals surface area contributed by atoms with Crippen LogP contribution in [0.4, 0.5) is 0 Å². The molecule has 0 unspecified atom stereocenters. The molecule has 5 heterocycles. The van der Waals surface area contributed by atoms with Crippen molar-refractivity contribution < 1.29 is 9.59 Å². The molecule has 3 saturated heterocycles. The number of hydrogen-bond acceptors (Lipinski definition) is 6. The second-order valence-corrected chi connectivity index (χ2v) is 7.58. The van der Waals surface area contributed by atoms with Crippen LogP contribution in [0, 0.1) is 5.92 Å². The second kappa shape index (κ2) is 7.11. The lowest BCUT2D eigenvalue weighted by molar-refractivity contribution is -0.140. The van der Waals surface area contributed by atoms with E-state index in [-0.39, 0.29) is 23.8 Å². The van der Waals surface area contributed by atoms with E-state index in [9.17, 15) is 9.59 Å². The first kappa shape index (κ1) is 17.1.